The monoisotopic (exact) mass is 264 g/mol. The molecular formula is C15H12N4O. The molecule has 98 valence electrons. The maximum absolute atomic E-state index is 11.9. The van der Waals surface area contributed by atoms with Gasteiger partial charge in [-0.05, 0) is 18.2 Å². The molecule has 2 aromatic heterocycles. The number of pyridine rings is 1. The first-order valence-electron chi connectivity index (χ1n) is 6.29. The van der Waals surface area contributed by atoms with Crippen LogP contribution in [0.15, 0.2) is 36.7 Å². The van der Waals surface area contributed by atoms with Gasteiger partial charge < -0.3 is 0 Å². The number of terminal acetylenes is 1. The highest BCUT2D eigenvalue weighted by molar-refractivity contribution is 5.94. The SMILES string of the molecule is C#CC1CC(=O)N(c2nccc(-c3ccccn3)n2)C1. The van der Waals surface area contributed by atoms with Gasteiger partial charge in [-0.1, -0.05) is 6.07 Å². The van der Waals surface area contributed by atoms with Crippen LogP contribution in [-0.2, 0) is 4.79 Å². The smallest absolute Gasteiger partial charge is 0.232 e. The highest BCUT2D eigenvalue weighted by Crippen LogP contribution is 2.23. The molecule has 3 heterocycles. The summed E-state index contributed by atoms with van der Waals surface area (Å²) in [5.41, 5.74) is 1.43. The molecule has 0 bridgehead atoms. The molecule has 3 rings (SSSR count). The van der Waals surface area contributed by atoms with Crippen molar-refractivity contribution in [1.29, 1.82) is 0 Å². The van der Waals surface area contributed by atoms with E-state index in [2.05, 4.69) is 20.9 Å². The zero-order chi connectivity index (χ0) is 13.9. The molecule has 5 nitrogen and oxygen atoms in total. The van der Waals surface area contributed by atoms with Gasteiger partial charge in [-0.3, -0.25) is 14.7 Å². The lowest BCUT2D eigenvalue weighted by atomic mass is 10.1. The number of rotatable bonds is 2. The van der Waals surface area contributed by atoms with E-state index in [0.29, 0.717) is 24.6 Å². The van der Waals surface area contributed by atoms with E-state index in [1.54, 1.807) is 18.5 Å². The summed E-state index contributed by atoms with van der Waals surface area (Å²) >= 11 is 0. The standard InChI is InChI=1S/C15H12N4O/c1-2-11-9-14(20)19(10-11)15-17-8-6-13(18-15)12-5-3-4-7-16-12/h1,3-8,11H,9-10H2. The van der Waals surface area contributed by atoms with Crippen molar-refractivity contribution in [2.75, 3.05) is 11.4 Å². The van der Waals surface area contributed by atoms with Crippen molar-refractivity contribution in [2.24, 2.45) is 5.92 Å². The Hall–Kier alpha value is -2.74. The molecule has 0 aromatic carbocycles. The van der Waals surface area contributed by atoms with Crippen molar-refractivity contribution in [3.8, 4) is 23.7 Å². The molecule has 0 N–H and O–H groups in total. The molecule has 0 spiro atoms. The molecule has 20 heavy (non-hydrogen) atoms. The number of hydrogen-bond acceptors (Lipinski definition) is 4. The second-order valence-corrected chi connectivity index (χ2v) is 4.53. The van der Waals surface area contributed by atoms with Crippen LogP contribution in [0.25, 0.3) is 11.4 Å². The van der Waals surface area contributed by atoms with Crippen LogP contribution in [-0.4, -0.2) is 27.4 Å². The minimum atomic E-state index is -0.0652. The second kappa shape index (κ2) is 5.10. The van der Waals surface area contributed by atoms with E-state index in [4.69, 9.17) is 6.42 Å². The van der Waals surface area contributed by atoms with E-state index in [9.17, 15) is 4.79 Å². The van der Waals surface area contributed by atoms with Gasteiger partial charge in [0.15, 0.2) is 0 Å². The van der Waals surface area contributed by atoms with Crippen LogP contribution in [0, 0.1) is 18.3 Å². The summed E-state index contributed by atoms with van der Waals surface area (Å²) in [5, 5.41) is 0. The van der Waals surface area contributed by atoms with Crippen molar-refractivity contribution in [2.45, 2.75) is 6.42 Å². The molecule has 1 saturated heterocycles. The Kier molecular flexibility index (Phi) is 3.13. The van der Waals surface area contributed by atoms with Crippen LogP contribution in [0.5, 0.6) is 0 Å². The third kappa shape index (κ3) is 2.24. The highest BCUT2D eigenvalue weighted by atomic mass is 16.2. The van der Waals surface area contributed by atoms with Gasteiger partial charge in [0.25, 0.3) is 0 Å². The molecule has 5 heteroatoms. The molecule has 0 saturated carbocycles. The van der Waals surface area contributed by atoms with Gasteiger partial charge in [-0.2, -0.15) is 0 Å². The van der Waals surface area contributed by atoms with Gasteiger partial charge in [0.05, 0.1) is 11.4 Å². The predicted molar refractivity (Wildman–Crippen MR) is 74.6 cm³/mol. The number of anilines is 1. The number of carbonyl (C=O) groups excluding carboxylic acids is 1. The Bertz CT molecular complexity index is 678. The third-order valence-electron chi connectivity index (χ3n) is 3.17. The molecule has 0 radical (unpaired) electrons. The number of nitrogens with zero attached hydrogens (tertiary/aromatic N) is 4. The van der Waals surface area contributed by atoms with Crippen LogP contribution in [0.3, 0.4) is 0 Å². The van der Waals surface area contributed by atoms with Crippen LogP contribution < -0.4 is 4.90 Å². The van der Waals surface area contributed by atoms with E-state index < -0.39 is 0 Å². The number of aromatic nitrogens is 3. The minimum Gasteiger partial charge on any atom is -0.279 e. The van der Waals surface area contributed by atoms with E-state index in [0.717, 1.165) is 5.69 Å². The first-order valence-corrected chi connectivity index (χ1v) is 6.29. The molecular weight excluding hydrogens is 252 g/mol. The fraction of sp³-hybridized carbons (Fsp3) is 0.200. The van der Waals surface area contributed by atoms with Crippen molar-refractivity contribution < 1.29 is 4.79 Å². The van der Waals surface area contributed by atoms with Crippen LogP contribution in [0.2, 0.25) is 0 Å². The lowest BCUT2D eigenvalue weighted by Gasteiger charge is -2.13. The summed E-state index contributed by atoms with van der Waals surface area (Å²) in [5.74, 6) is 2.89. The first kappa shape index (κ1) is 12.3. The summed E-state index contributed by atoms with van der Waals surface area (Å²) in [4.78, 5) is 26.3. The third-order valence-corrected chi connectivity index (χ3v) is 3.17. The van der Waals surface area contributed by atoms with Gasteiger partial charge in [0.2, 0.25) is 11.9 Å². The van der Waals surface area contributed by atoms with Gasteiger partial charge in [-0.25, -0.2) is 9.97 Å². The molecule has 1 amide bonds. The maximum atomic E-state index is 11.9. The zero-order valence-electron chi connectivity index (χ0n) is 10.7. The molecule has 1 unspecified atom stereocenters. The maximum Gasteiger partial charge on any atom is 0.232 e. The van der Waals surface area contributed by atoms with Gasteiger partial charge in [-0.15, -0.1) is 12.3 Å². The Morgan fingerprint density at radius 1 is 1.20 bits per heavy atom. The topological polar surface area (TPSA) is 59.0 Å². The Morgan fingerprint density at radius 3 is 2.80 bits per heavy atom. The molecule has 1 aliphatic heterocycles. The number of carbonyl (C=O) groups is 1. The van der Waals surface area contributed by atoms with Crippen molar-refractivity contribution in [1.82, 2.24) is 15.0 Å². The Balaban J connectivity index is 1.93. The van der Waals surface area contributed by atoms with Gasteiger partial charge in [0.1, 0.15) is 0 Å². The van der Waals surface area contributed by atoms with Crippen molar-refractivity contribution in [3.05, 3.63) is 36.7 Å². The summed E-state index contributed by atoms with van der Waals surface area (Å²) in [7, 11) is 0. The fourth-order valence-electron chi connectivity index (χ4n) is 2.15. The lowest BCUT2D eigenvalue weighted by molar-refractivity contribution is -0.117. The second-order valence-electron chi connectivity index (χ2n) is 4.53. The van der Waals surface area contributed by atoms with E-state index in [1.807, 2.05) is 18.2 Å². The molecule has 1 fully saturated rings. The average molecular weight is 264 g/mol. The first-order chi connectivity index (χ1) is 9.78. The van der Waals surface area contributed by atoms with E-state index in [-0.39, 0.29) is 11.8 Å². The Labute approximate surface area is 116 Å². The van der Waals surface area contributed by atoms with Gasteiger partial charge in [0, 0.05) is 31.3 Å². The summed E-state index contributed by atoms with van der Waals surface area (Å²) in [6.45, 7) is 0.473. The highest BCUT2D eigenvalue weighted by Gasteiger charge is 2.31. The lowest BCUT2D eigenvalue weighted by Crippen LogP contribution is -2.26. The van der Waals surface area contributed by atoms with Crippen LogP contribution in [0.4, 0.5) is 5.95 Å². The number of amides is 1. The van der Waals surface area contributed by atoms with E-state index >= 15 is 0 Å². The summed E-state index contributed by atoms with van der Waals surface area (Å²) < 4.78 is 0. The van der Waals surface area contributed by atoms with Crippen molar-refractivity contribution in [3.63, 3.8) is 0 Å². The zero-order valence-corrected chi connectivity index (χ0v) is 10.7. The van der Waals surface area contributed by atoms with E-state index in [1.165, 1.54) is 4.90 Å². The quantitative estimate of drug-likeness (QED) is 0.772. The fourth-order valence-corrected chi connectivity index (χ4v) is 2.15. The van der Waals surface area contributed by atoms with Crippen molar-refractivity contribution >= 4 is 11.9 Å². The molecule has 1 aliphatic rings. The molecule has 0 aliphatic carbocycles. The largest absolute Gasteiger partial charge is 0.279 e. The molecule has 2 aromatic rings. The summed E-state index contributed by atoms with van der Waals surface area (Å²) in [6.07, 6.45) is 9.06. The Morgan fingerprint density at radius 2 is 2.10 bits per heavy atom. The van der Waals surface area contributed by atoms with Gasteiger partial charge >= 0.3 is 0 Å². The number of hydrogen-bond donors (Lipinski definition) is 0. The van der Waals surface area contributed by atoms with Crippen LogP contribution in [0.1, 0.15) is 6.42 Å². The summed E-state index contributed by atoms with van der Waals surface area (Å²) in [6, 6.07) is 7.36. The van der Waals surface area contributed by atoms with Crippen LogP contribution >= 0.6 is 0 Å². The predicted octanol–water partition coefficient (Wildman–Crippen LogP) is 1.52. The minimum absolute atomic E-state index is 0.0360. The average Bonchev–Trinajstić information content (AvgIpc) is 2.89. The molecule has 1 atom stereocenters. The normalized spacial score (nSPS) is 18.1.